The molecule has 0 radical (unpaired) electrons. The summed E-state index contributed by atoms with van der Waals surface area (Å²) in [7, 11) is 0. The topological polar surface area (TPSA) is 52.8 Å². The zero-order chi connectivity index (χ0) is 21.6. The van der Waals surface area contributed by atoms with Gasteiger partial charge in [-0.3, -0.25) is 4.79 Å². The highest BCUT2D eigenvalue weighted by Gasteiger charge is 2.14. The van der Waals surface area contributed by atoms with Crippen LogP contribution < -0.4 is 14.3 Å². The van der Waals surface area contributed by atoms with E-state index >= 15 is 0 Å². The van der Waals surface area contributed by atoms with Crippen LogP contribution in [0, 0.1) is 0 Å². The normalized spacial score (nSPS) is 11.6. The van der Waals surface area contributed by atoms with Crippen molar-refractivity contribution in [2.24, 2.45) is 4.99 Å². The van der Waals surface area contributed by atoms with Gasteiger partial charge in [0.2, 0.25) is 0 Å². The van der Waals surface area contributed by atoms with E-state index in [4.69, 9.17) is 9.47 Å². The molecule has 6 heteroatoms. The Kier molecular flexibility index (Phi) is 6.48. The van der Waals surface area contributed by atoms with Gasteiger partial charge in [-0.1, -0.05) is 48.6 Å². The number of rotatable bonds is 7. The van der Waals surface area contributed by atoms with E-state index in [1.54, 1.807) is 12.1 Å². The smallest absolute Gasteiger partial charge is 0.283 e. The first-order chi connectivity index (χ1) is 15.2. The summed E-state index contributed by atoms with van der Waals surface area (Å²) in [6, 6.07) is 22.6. The van der Waals surface area contributed by atoms with Gasteiger partial charge in [0, 0.05) is 6.54 Å². The Bertz CT molecular complexity index is 1260. The molecule has 0 N–H and O–H groups in total. The van der Waals surface area contributed by atoms with Gasteiger partial charge >= 0.3 is 0 Å². The Labute approximate surface area is 185 Å². The van der Waals surface area contributed by atoms with Crippen molar-refractivity contribution >= 4 is 27.5 Å². The molecule has 158 valence electrons. The monoisotopic (exact) mass is 432 g/mol. The number of aromatic nitrogens is 1. The minimum Gasteiger partial charge on any atom is -0.494 e. The summed E-state index contributed by atoms with van der Waals surface area (Å²) in [4.78, 5) is 18.3. The number of carbonyl (C=O) groups excluding carboxylic acids is 1. The molecule has 0 fully saturated rings. The molecular formula is C25H24N2O3S. The molecule has 0 saturated carbocycles. The third kappa shape index (κ3) is 4.70. The molecule has 0 bridgehead atoms. The molecule has 0 saturated heterocycles. The minimum absolute atomic E-state index is 0.326. The largest absolute Gasteiger partial charge is 0.494 e. The number of nitrogens with zero attached hydrogens (tertiary/aromatic N) is 2. The Morgan fingerprint density at radius 2 is 1.74 bits per heavy atom. The highest BCUT2D eigenvalue weighted by atomic mass is 32.1. The zero-order valence-electron chi connectivity index (χ0n) is 17.6. The van der Waals surface area contributed by atoms with Crippen LogP contribution in [0.5, 0.6) is 17.2 Å². The molecule has 0 spiro atoms. The van der Waals surface area contributed by atoms with Crippen LogP contribution in [0.25, 0.3) is 10.2 Å². The van der Waals surface area contributed by atoms with Crippen LogP contribution in [-0.4, -0.2) is 17.1 Å². The summed E-state index contributed by atoms with van der Waals surface area (Å²) < 4.78 is 14.7. The zero-order valence-corrected chi connectivity index (χ0v) is 18.4. The lowest BCUT2D eigenvalue weighted by atomic mass is 10.2. The van der Waals surface area contributed by atoms with E-state index in [1.165, 1.54) is 11.3 Å². The van der Waals surface area contributed by atoms with Crippen molar-refractivity contribution in [1.82, 2.24) is 4.57 Å². The van der Waals surface area contributed by atoms with Crippen LogP contribution >= 0.6 is 11.3 Å². The van der Waals surface area contributed by atoms with Gasteiger partial charge in [-0.05, 0) is 55.8 Å². The van der Waals surface area contributed by atoms with E-state index in [0.717, 1.165) is 28.9 Å². The summed E-state index contributed by atoms with van der Waals surface area (Å²) in [6.45, 7) is 5.46. The average molecular weight is 433 g/mol. The van der Waals surface area contributed by atoms with Crippen LogP contribution in [0.15, 0.2) is 77.8 Å². The summed E-state index contributed by atoms with van der Waals surface area (Å²) in [5, 5.41) is 0. The average Bonchev–Trinajstić information content (AvgIpc) is 3.11. The number of ether oxygens (including phenoxy) is 2. The Hall–Kier alpha value is -3.38. The van der Waals surface area contributed by atoms with Gasteiger partial charge in [0.15, 0.2) is 4.80 Å². The predicted molar refractivity (Wildman–Crippen MR) is 124 cm³/mol. The third-order valence-corrected chi connectivity index (χ3v) is 5.74. The van der Waals surface area contributed by atoms with Crippen molar-refractivity contribution in [3.8, 4) is 17.2 Å². The lowest BCUT2D eigenvalue weighted by molar-refractivity contribution is 0.0995. The SMILES string of the molecule is CCCn1c(=NC(=O)c2ccccc2Oc2ccccc2)sc2cc(OCC)ccc21. The lowest BCUT2D eigenvalue weighted by Gasteiger charge is -2.08. The molecule has 1 amide bonds. The van der Waals surface area contributed by atoms with Gasteiger partial charge in [-0.2, -0.15) is 4.99 Å². The van der Waals surface area contributed by atoms with Crippen molar-refractivity contribution in [2.75, 3.05) is 6.61 Å². The quantitative estimate of drug-likeness (QED) is 0.357. The van der Waals surface area contributed by atoms with Crippen LogP contribution in [-0.2, 0) is 6.54 Å². The second-order valence-electron chi connectivity index (χ2n) is 6.93. The van der Waals surface area contributed by atoms with Gasteiger partial charge < -0.3 is 14.0 Å². The van der Waals surface area contributed by atoms with Gasteiger partial charge in [0.25, 0.3) is 5.91 Å². The van der Waals surface area contributed by atoms with Crippen molar-refractivity contribution in [3.63, 3.8) is 0 Å². The second kappa shape index (κ2) is 9.62. The first-order valence-corrected chi connectivity index (χ1v) is 11.2. The predicted octanol–water partition coefficient (Wildman–Crippen LogP) is 6.04. The maximum Gasteiger partial charge on any atom is 0.283 e. The molecule has 4 rings (SSSR count). The van der Waals surface area contributed by atoms with Crippen molar-refractivity contribution in [1.29, 1.82) is 0 Å². The highest BCUT2D eigenvalue weighted by molar-refractivity contribution is 7.16. The maximum atomic E-state index is 13.1. The molecule has 1 heterocycles. The summed E-state index contributed by atoms with van der Waals surface area (Å²) >= 11 is 1.49. The fraction of sp³-hybridized carbons (Fsp3) is 0.200. The van der Waals surface area contributed by atoms with E-state index in [-0.39, 0.29) is 5.91 Å². The van der Waals surface area contributed by atoms with Crippen LogP contribution in [0.1, 0.15) is 30.6 Å². The highest BCUT2D eigenvalue weighted by Crippen LogP contribution is 2.26. The van der Waals surface area contributed by atoms with Crippen LogP contribution in [0.3, 0.4) is 0 Å². The van der Waals surface area contributed by atoms with Crippen LogP contribution in [0.2, 0.25) is 0 Å². The molecule has 0 unspecified atom stereocenters. The first kappa shape index (κ1) is 20.9. The molecule has 4 aromatic rings. The van der Waals surface area contributed by atoms with Crippen LogP contribution in [0.4, 0.5) is 0 Å². The summed E-state index contributed by atoms with van der Waals surface area (Å²) in [5.74, 6) is 1.66. The van der Waals surface area contributed by atoms with Gasteiger partial charge in [0.1, 0.15) is 17.2 Å². The summed E-state index contributed by atoms with van der Waals surface area (Å²) in [5.41, 5.74) is 1.48. The number of fused-ring (bicyclic) bond motifs is 1. The summed E-state index contributed by atoms with van der Waals surface area (Å²) in [6.07, 6.45) is 0.939. The number of amides is 1. The maximum absolute atomic E-state index is 13.1. The number of benzene rings is 3. The molecule has 0 aliphatic carbocycles. The molecule has 0 atom stereocenters. The number of hydrogen-bond donors (Lipinski definition) is 0. The first-order valence-electron chi connectivity index (χ1n) is 10.4. The second-order valence-corrected chi connectivity index (χ2v) is 7.94. The number of hydrogen-bond acceptors (Lipinski definition) is 4. The number of thiazole rings is 1. The van der Waals surface area contributed by atoms with E-state index in [2.05, 4.69) is 16.5 Å². The molecular weight excluding hydrogens is 408 g/mol. The number of aryl methyl sites for hydroxylation is 1. The van der Waals surface area contributed by atoms with Gasteiger partial charge in [-0.25, -0.2) is 0 Å². The van der Waals surface area contributed by atoms with E-state index in [0.29, 0.717) is 28.5 Å². The van der Waals surface area contributed by atoms with Gasteiger partial charge in [0.05, 0.1) is 22.4 Å². The molecule has 0 aliphatic heterocycles. The van der Waals surface area contributed by atoms with Crippen molar-refractivity contribution < 1.29 is 14.3 Å². The molecule has 31 heavy (non-hydrogen) atoms. The Morgan fingerprint density at radius 3 is 2.52 bits per heavy atom. The van der Waals surface area contributed by atoms with Gasteiger partial charge in [-0.15, -0.1) is 0 Å². The third-order valence-electron chi connectivity index (χ3n) is 4.70. The minimum atomic E-state index is -0.326. The fourth-order valence-corrected chi connectivity index (χ4v) is 4.41. The number of para-hydroxylation sites is 2. The van der Waals surface area contributed by atoms with Crippen molar-refractivity contribution in [2.45, 2.75) is 26.8 Å². The van der Waals surface area contributed by atoms with E-state index < -0.39 is 0 Å². The molecule has 1 aromatic heterocycles. The molecule has 0 aliphatic rings. The van der Waals surface area contributed by atoms with E-state index in [9.17, 15) is 4.79 Å². The number of carbonyl (C=O) groups is 1. The fourth-order valence-electron chi connectivity index (χ4n) is 3.33. The van der Waals surface area contributed by atoms with Crippen molar-refractivity contribution in [3.05, 3.63) is 83.2 Å². The molecule has 3 aromatic carbocycles. The Morgan fingerprint density at radius 1 is 0.968 bits per heavy atom. The Balaban J connectivity index is 1.75. The molecule has 5 nitrogen and oxygen atoms in total. The lowest BCUT2D eigenvalue weighted by Crippen LogP contribution is -2.17. The standard InChI is InChI=1S/C25H24N2O3S/c1-3-16-27-21-15-14-19(29-4-2)17-23(21)31-25(27)26-24(28)20-12-8-9-13-22(20)30-18-10-6-5-7-11-18/h5-15,17H,3-4,16H2,1-2H3. The van der Waals surface area contributed by atoms with E-state index in [1.807, 2.05) is 67.6 Å².